The molecule has 7 heteroatoms. The van der Waals surface area contributed by atoms with Gasteiger partial charge in [-0.2, -0.15) is 5.26 Å². The van der Waals surface area contributed by atoms with Crippen molar-refractivity contribution in [3.63, 3.8) is 0 Å². The fourth-order valence-electron chi connectivity index (χ4n) is 2.93. The van der Waals surface area contributed by atoms with Crippen molar-refractivity contribution in [1.29, 1.82) is 5.26 Å². The zero-order chi connectivity index (χ0) is 18.2. The molecule has 2 heterocycles. The molecule has 0 bridgehead atoms. The van der Waals surface area contributed by atoms with Crippen LogP contribution in [-0.4, -0.2) is 40.1 Å². The summed E-state index contributed by atoms with van der Waals surface area (Å²) in [7, 11) is -1.22. The Morgan fingerprint density at radius 3 is 2.36 bits per heavy atom. The lowest BCUT2D eigenvalue weighted by Crippen LogP contribution is -2.41. The molecular formula is C18H24BNO4S. The molecule has 0 atom stereocenters. The van der Waals surface area contributed by atoms with Gasteiger partial charge in [-0.3, -0.25) is 4.21 Å². The van der Waals surface area contributed by atoms with Crippen LogP contribution in [0, 0.1) is 11.3 Å². The van der Waals surface area contributed by atoms with E-state index in [0.29, 0.717) is 22.8 Å². The van der Waals surface area contributed by atoms with Crippen molar-refractivity contribution >= 4 is 23.4 Å². The number of nitrogens with zero attached hydrogens (tertiary/aromatic N) is 1. The summed E-state index contributed by atoms with van der Waals surface area (Å²) in [6, 6.07) is 7.68. The van der Waals surface area contributed by atoms with E-state index in [1.165, 1.54) is 0 Å². The fraction of sp³-hybridized carbons (Fsp3) is 0.611. The third-order valence-corrected chi connectivity index (χ3v) is 6.66. The second kappa shape index (κ2) is 6.75. The zero-order valence-corrected chi connectivity index (χ0v) is 16.0. The Bertz CT molecular complexity index is 702. The minimum Gasteiger partial charge on any atom is -0.489 e. The van der Waals surface area contributed by atoms with E-state index in [9.17, 15) is 9.47 Å². The van der Waals surface area contributed by atoms with Gasteiger partial charge in [0.25, 0.3) is 0 Å². The molecule has 0 aliphatic carbocycles. The summed E-state index contributed by atoms with van der Waals surface area (Å²) in [5.41, 5.74) is 0.445. The van der Waals surface area contributed by atoms with Gasteiger partial charge < -0.3 is 14.0 Å². The lowest BCUT2D eigenvalue weighted by atomic mass is 9.78. The van der Waals surface area contributed by atoms with Crippen LogP contribution in [0.5, 0.6) is 5.75 Å². The molecule has 0 amide bonds. The Labute approximate surface area is 152 Å². The van der Waals surface area contributed by atoms with Crippen LogP contribution in [0.25, 0.3) is 0 Å². The third-order valence-electron chi connectivity index (χ3n) is 5.28. The SMILES string of the molecule is CC1(C)OB(c2ccc(OC3CCS(=O)CC3)c(C#N)c2)OC1(C)C. The summed E-state index contributed by atoms with van der Waals surface area (Å²) in [6.07, 6.45) is 1.54. The van der Waals surface area contributed by atoms with Crippen molar-refractivity contribution in [1.82, 2.24) is 0 Å². The highest BCUT2D eigenvalue weighted by Crippen LogP contribution is 2.36. The number of rotatable bonds is 3. The monoisotopic (exact) mass is 361 g/mol. The highest BCUT2D eigenvalue weighted by Gasteiger charge is 2.51. The first-order valence-corrected chi connectivity index (χ1v) is 10.1. The van der Waals surface area contributed by atoms with Gasteiger partial charge in [0.1, 0.15) is 17.9 Å². The maximum Gasteiger partial charge on any atom is 0.494 e. The third kappa shape index (κ3) is 3.76. The van der Waals surface area contributed by atoms with E-state index in [-0.39, 0.29) is 6.10 Å². The normalized spacial score (nSPS) is 27.7. The Morgan fingerprint density at radius 2 is 1.80 bits per heavy atom. The summed E-state index contributed by atoms with van der Waals surface area (Å²) in [6.45, 7) is 8.01. The highest BCUT2D eigenvalue weighted by atomic mass is 32.2. The van der Waals surface area contributed by atoms with Gasteiger partial charge in [-0.15, -0.1) is 0 Å². The van der Waals surface area contributed by atoms with E-state index in [4.69, 9.17) is 14.0 Å². The molecule has 2 aliphatic rings. The van der Waals surface area contributed by atoms with Crippen molar-refractivity contribution in [2.24, 2.45) is 0 Å². The molecule has 5 nitrogen and oxygen atoms in total. The van der Waals surface area contributed by atoms with Crippen molar-refractivity contribution in [3.05, 3.63) is 23.8 Å². The van der Waals surface area contributed by atoms with E-state index in [1.807, 2.05) is 39.8 Å². The van der Waals surface area contributed by atoms with Gasteiger partial charge in [-0.25, -0.2) is 0 Å². The molecule has 0 unspecified atom stereocenters. The summed E-state index contributed by atoms with van der Waals surface area (Å²) >= 11 is 0. The molecule has 0 radical (unpaired) electrons. The summed E-state index contributed by atoms with van der Waals surface area (Å²) in [5, 5.41) is 9.50. The van der Waals surface area contributed by atoms with Crippen molar-refractivity contribution in [2.75, 3.05) is 11.5 Å². The quantitative estimate of drug-likeness (QED) is 0.772. The Kier molecular flexibility index (Phi) is 4.98. The van der Waals surface area contributed by atoms with Crippen LogP contribution in [0.1, 0.15) is 46.1 Å². The first-order valence-electron chi connectivity index (χ1n) is 8.63. The molecule has 134 valence electrons. The molecule has 3 rings (SSSR count). The molecule has 0 N–H and O–H groups in total. The minimum atomic E-state index is -0.724. The summed E-state index contributed by atoms with van der Waals surface area (Å²) < 4.78 is 29.5. The maximum atomic E-state index is 11.5. The average molecular weight is 361 g/mol. The van der Waals surface area contributed by atoms with Gasteiger partial charge in [-0.1, -0.05) is 6.07 Å². The van der Waals surface area contributed by atoms with Crippen molar-refractivity contribution in [3.8, 4) is 11.8 Å². The van der Waals surface area contributed by atoms with Crippen LogP contribution >= 0.6 is 0 Å². The predicted molar refractivity (Wildman–Crippen MR) is 98.4 cm³/mol. The summed E-state index contributed by atoms with van der Waals surface area (Å²) in [5.74, 6) is 1.90. The highest BCUT2D eigenvalue weighted by molar-refractivity contribution is 7.85. The van der Waals surface area contributed by atoms with Crippen LogP contribution in [-0.2, 0) is 20.1 Å². The van der Waals surface area contributed by atoms with Gasteiger partial charge in [0.05, 0.1) is 16.8 Å². The van der Waals surface area contributed by atoms with Gasteiger partial charge in [-0.05, 0) is 58.1 Å². The van der Waals surface area contributed by atoms with Crippen molar-refractivity contribution < 1.29 is 18.3 Å². The Morgan fingerprint density at radius 1 is 1.20 bits per heavy atom. The molecular weight excluding hydrogens is 337 g/mol. The molecule has 1 aromatic rings. The second-order valence-electron chi connectivity index (χ2n) is 7.62. The van der Waals surface area contributed by atoms with E-state index in [0.717, 1.165) is 18.3 Å². The first-order chi connectivity index (χ1) is 11.7. The molecule has 25 heavy (non-hydrogen) atoms. The van der Waals surface area contributed by atoms with Gasteiger partial charge in [0.2, 0.25) is 0 Å². The largest absolute Gasteiger partial charge is 0.494 e. The maximum absolute atomic E-state index is 11.5. The number of hydrogen-bond acceptors (Lipinski definition) is 5. The lowest BCUT2D eigenvalue weighted by molar-refractivity contribution is 0.00578. The molecule has 1 aromatic carbocycles. The van der Waals surface area contributed by atoms with Gasteiger partial charge >= 0.3 is 7.12 Å². The minimum absolute atomic E-state index is 0.0208. The molecule has 0 aromatic heterocycles. The molecule has 2 saturated heterocycles. The second-order valence-corrected chi connectivity index (χ2v) is 9.32. The molecule has 0 spiro atoms. The Hall–Kier alpha value is -1.36. The van der Waals surface area contributed by atoms with Crippen LogP contribution in [0.15, 0.2) is 18.2 Å². The molecule has 0 saturated carbocycles. The number of benzene rings is 1. The Balaban J connectivity index is 1.77. The van der Waals surface area contributed by atoms with E-state index in [1.54, 1.807) is 6.07 Å². The standard InChI is InChI=1S/C18H24BNO4S/c1-17(2)18(3,4)24-19(23-17)14-5-6-16(13(11-14)12-20)22-15-7-9-25(21)10-8-15/h5-6,11,15H,7-10H2,1-4H3. The van der Waals surface area contributed by atoms with E-state index in [2.05, 4.69) is 6.07 Å². The van der Waals surface area contributed by atoms with Gasteiger partial charge in [0, 0.05) is 22.3 Å². The number of nitriles is 1. The van der Waals surface area contributed by atoms with Crippen LogP contribution in [0.3, 0.4) is 0 Å². The van der Waals surface area contributed by atoms with Crippen LogP contribution < -0.4 is 10.2 Å². The molecule has 2 aliphatic heterocycles. The molecule has 2 fully saturated rings. The van der Waals surface area contributed by atoms with E-state index >= 15 is 0 Å². The van der Waals surface area contributed by atoms with Crippen molar-refractivity contribution in [2.45, 2.75) is 57.8 Å². The number of hydrogen-bond donors (Lipinski definition) is 0. The van der Waals surface area contributed by atoms with Gasteiger partial charge in [0.15, 0.2) is 0 Å². The zero-order valence-electron chi connectivity index (χ0n) is 15.2. The lowest BCUT2D eigenvalue weighted by Gasteiger charge is -2.32. The predicted octanol–water partition coefficient (Wildman–Crippen LogP) is 2.15. The topological polar surface area (TPSA) is 68.5 Å². The first kappa shape index (κ1) is 18.4. The van der Waals surface area contributed by atoms with Crippen LogP contribution in [0.4, 0.5) is 0 Å². The number of ether oxygens (including phenoxy) is 1. The van der Waals surface area contributed by atoms with Crippen LogP contribution in [0.2, 0.25) is 0 Å². The average Bonchev–Trinajstić information content (AvgIpc) is 2.78. The summed E-state index contributed by atoms with van der Waals surface area (Å²) in [4.78, 5) is 0. The van der Waals surface area contributed by atoms with E-state index < -0.39 is 29.1 Å². The fourth-order valence-corrected chi connectivity index (χ4v) is 4.19. The smallest absolute Gasteiger partial charge is 0.489 e.